The Morgan fingerprint density at radius 1 is 1.17 bits per heavy atom. The van der Waals surface area contributed by atoms with Gasteiger partial charge < -0.3 is 14.6 Å². The van der Waals surface area contributed by atoms with Crippen molar-refractivity contribution in [3.8, 4) is 11.5 Å². The fourth-order valence-electron chi connectivity index (χ4n) is 4.31. The number of halogens is 1. The van der Waals surface area contributed by atoms with Crippen LogP contribution in [-0.4, -0.2) is 21.8 Å². The third-order valence-electron chi connectivity index (χ3n) is 6.02. The molecule has 2 heterocycles. The van der Waals surface area contributed by atoms with Gasteiger partial charge >= 0.3 is 5.97 Å². The largest absolute Gasteiger partial charge is 0.489 e. The van der Waals surface area contributed by atoms with Crippen molar-refractivity contribution >= 4 is 40.2 Å². The molecule has 5 rings (SSSR count). The van der Waals surface area contributed by atoms with E-state index < -0.39 is 5.97 Å². The van der Waals surface area contributed by atoms with Crippen LogP contribution in [0.2, 0.25) is 5.02 Å². The predicted octanol–water partition coefficient (Wildman–Crippen LogP) is 6.97. The van der Waals surface area contributed by atoms with Gasteiger partial charge in [0.15, 0.2) is 0 Å². The van der Waals surface area contributed by atoms with Gasteiger partial charge in [-0.05, 0) is 60.0 Å². The van der Waals surface area contributed by atoms with Crippen molar-refractivity contribution in [3.05, 3.63) is 99.7 Å². The van der Waals surface area contributed by atoms with Gasteiger partial charge in [0.1, 0.15) is 24.7 Å². The molecule has 178 valence electrons. The van der Waals surface area contributed by atoms with Gasteiger partial charge in [-0.25, -0.2) is 4.98 Å². The number of hydrogen-bond donors (Lipinski definition) is 1. The number of pyridine rings is 1. The summed E-state index contributed by atoms with van der Waals surface area (Å²) in [6, 6.07) is 21.7. The molecule has 7 heteroatoms. The van der Waals surface area contributed by atoms with Crippen molar-refractivity contribution in [1.82, 2.24) is 4.98 Å². The molecule has 5 nitrogen and oxygen atoms in total. The van der Waals surface area contributed by atoms with Crippen LogP contribution in [0.5, 0.6) is 11.5 Å². The third-order valence-corrected chi connectivity index (χ3v) is 7.52. The monoisotopic (exact) mass is 505 g/mol. The highest BCUT2D eigenvalue weighted by Crippen LogP contribution is 2.46. The molecule has 0 spiro atoms. The van der Waals surface area contributed by atoms with E-state index in [0.29, 0.717) is 29.7 Å². The van der Waals surface area contributed by atoms with E-state index in [2.05, 4.69) is 24.0 Å². The van der Waals surface area contributed by atoms with Gasteiger partial charge in [-0.15, -0.1) is 11.8 Å². The molecule has 1 aromatic heterocycles. The first-order valence-electron chi connectivity index (χ1n) is 11.3. The maximum Gasteiger partial charge on any atom is 0.304 e. The molecule has 0 saturated carbocycles. The Morgan fingerprint density at radius 2 is 2.03 bits per heavy atom. The number of nitrogens with zero attached hydrogens (tertiary/aromatic N) is 1. The number of aliphatic carboxylic acids is 1. The Kier molecular flexibility index (Phi) is 6.84. The lowest BCUT2D eigenvalue weighted by atomic mass is 9.95. The minimum atomic E-state index is -0.797. The molecule has 35 heavy (non-hydrogen) atoms. The second-order valence-electron chi connectivity index (χ2n) is 8.46. The van der Waals surface area contributed by atoms with Gasteiger partial charge in [0.05, 0.1) is 22.9 Å². The van der Waals surface area contributed by atoms with E-state index in [4.69, 9.17) is 21.1 Å². The lowest BCUT2D eigenvalue weighted by Crippen LogP contribution is -2.05. The van der Waals surface area contributed by atoms with E-state index in [0.717, 1.165) is 39.0 Å². The predicted molar refractivity (Wildman–Crippen MR) is 140 cm³/mol. The van der Waals surface area contributed by atoms with E-state index in [1.807, 2.05) is 54.6 Å². The third kappa shape index (κ3) is 5.24. The standard InChI is InChI=1S/C28H24ClNO4S/c1-17-3-2-4-19-15-34-25-10-9-22(14-23(25)28(27(17)19)35-12-11-26(31)32)33-16-21-8-6-18-5-7-20(29)13-24(18)30-21/h2-10,13-14,28H,11-12,15-16H2,1H3,(H,31,32). The summed E-state index contributed by atoms with van der Waals surface area (Å²) in [4.78, 5) is 15.8. The van der Waals surface area contributed by atoms with Gasteiger partial charge in [-0.2, -0.15) is 0 Å². The van der Waals surface area contributed by atoms with Crippen molar-refractivity contribution in [3.63, 3.8) is 0 Å². The van der Waals surface area contributed by atoms with Crippen LogP contribution in [0.1, 0.15) is 39.6 Å². The quantitative estimate of drug-likeness (QED) is 0.292. The van der Waals surface area contributed by atoms with E-state index >= 15 is 0 Å². The fourth-order valence-corrected chi connectivity index (χ4v) is 5.88. The summed E-state index contributed by atoms with van der Waals surface area (Å²) in [7, 11) is 0. The van der Waals surface area contributed by atoms with Gasteiger partial charge in [0.2, 0.25) is 0 Å². The molecule has 1 aliphatic rings. The number of fused-ring (bicyclic) bond motifs is 3. The summed E-state index contributed by atoms with van der Waals surface area (Å²) >= 11 is 7.74. The Hall–Kier alpha value is -3.22. The van der Waals surface area contributed by atoms with Crippen LogP contribution in [0.15, 0.2) is 66.7 Å². The van der Waals surface area contributed by atoms with E-state index in [1.54, 1.807) is 11.8 Å². The van der Waals surface area contributed by atoms with Gasteiger partial charge in [-0.1, -0.05) is 41.9 Å². The van der Waals surface area contributed by atoms with Crippen LogP contribution < -0.4 is 9.47 Å². The normalized spacial score (nSPS) is 14.5. The molecular weight excluding hydrogens is 482 g/mol. The second-order valence-corrected chi connectivity index (χ2v) is 10.1. The molecule has 0 fully saturated rings. The molecule has 1 unspecified atom stereocenters. The smallest absolute Gasteiger partial charge is 0.304 e. The molecule has 0 bridgehead atoms. The van der Waals surface area contributed by atoms with Gasteiger partial charge in [-0.3, -0.25) is 4.79 Å². The maximum absolute atomic E-state index is 11.2. The Bertz CT molecular complexity index is 1410. The van der Waals surface area contributed by atoms with Crippen molar-refractivity contribution in [1.29, 1.82) is 0 Å². The first-order valence-corrected chi connectivity index (χ1v) is 12.8. The summed E-state index contributed by atoms with van der Waals surface area (Å²) in [5.41, 5.74) is 6.10. The topological polar surface area (TPSA) is 68.7 Å². The molecule has 0 aliphatic carbocycles. The van der Waals surface area contributed by atoms with Crippen molar-refractivity contribution < 1.29 is 19.4 Å². The fraction of sp³-hybridized carbons (Fsp3) is 0.214. The zero-order valence-electron chi connectivity index (χ0n) is 19.2. The molecular formula is C28H24ClNO4S. The number of aromatic nitrogens is 1. The summed E-state index contributed by atoms with van der Waals surface area (Å²) < 4.78 is 12.3. The zero-order chi connectivity index (χ0) is 24.4. The molecule has 0 radical (unpaired) electrons. The second kappa shape index (κ2) is 10.2. The van der Waals surface area contributed by atoms with Crippen LogP contribution in [-0.2, 0) is 18.0 Å². The van der Waals surface area contributed by atoms with Gasteiger partial charge in [0, 0.05) is 21.7 Å². The maximum atomic E-state index is 11.2. The van der Waals surface area contributed by atoms with Crippen LogP contribution in [0, 0.1) is 6.92 Å². The zero-order valence-corrected chi connectivity index (χ0v) is 20.7. The average Bonchev–Trinajstić information content (AvgIpc) is 3.00. The molecule has 1 atom stereocenters. The molecule has 4 aromatic rings. The molecule has 0 amide bonds. The molecule has 3 aromatic carbocycles. The van der Waals surface area contributed by atoms with Crippen LogP contribution in [0.25, 0.3) is 10.9 Å². The van der Waals surface area contributed by atoms with Crippen molar-refractivity contribution in [2.24, 2.45) is 0 Å². The Labute approximate surface area is 213 Å². The summed E-state index contributed by atoms with van der Waals surface area (Å²) in [6.45, 7) is 2.88. The van der Waals surface area contributed by atoms with E-state index in [9.17, 15) is 9.90 Å². The minimum Gasteiger partial charge on any atom is -0.489 e. The first kappa shape index (κ1) is 23.5. The SMILES string of the molecule is Cc1cccc2c1C(SCCC(=O)O)c1cc(OCc3ccc4ccc(Cl)cc4n3)ccc1OC2. The van der Waals surface area contributed by atoms with Crippen LogP contribution >= 0.6 is 23.4 Å². The number of carboxylic acid groups (broad SMARTS) is 1. The molecule has 1 aliphatic heterocycles. The van der Waals surface area contributed by atoms with E-state index in [-0.39, 0.29) is 11.7 Å². The number of benzene rings is 3. The van der Waals surface area contributed by atoms with Crippen molar-refractivity contribution in [2.75, 3.05) is 5.75 Å². The highest BCUT2D eigenvalue weighted by molar-refractivity contribution is 7.99. The first-order chi connectivity index (χ1) is 17.0. The summed E-state index contributed by atoms with van der Waals surface area (Å²) in [6.07, 6.45) is 0.104. The number of carbonyl (C=O) groups is 1. The average molecular weight is 506 g/mol. The van der Waals surface area contributed by atoms with Crippen LogP contribution in [0.3, 0.4) is 0 Å². The Balaban J connectivity index is 1.43. The number of rotatable bonds is 7. The number of aryl methyl sites for hydroxylation is 1. The lowest BCUT2D eigenvalue weighted by Gasteiger charge is -2.21. The lowest BCUT2D eigenvalue weighted by molar-refractivity contribution is -0.136. The number of thioether (sulfide) groups is 1. The van der Waals surface area contributed by atoms with Gasteiger partial charge in [0.25, 0.3) is 0 Å². The van der Waals surface area contributed by atoms with Crippen molar-refractivity contribution in [2.45, 2.75) is 31.8 Å². The summed E-state index contributed by atoms with van der Waals surface area (Å²) in [5, 5.41) is 10.8. The molecule has 1 N–H and O–H groups in total. The minimum absolute atomic E-state index is 0.0486. The highest BCUT2D eigenvalue weighted by atomic mass is 35.5. The molecule has 0 saturated heterocycles. The number of hydrogen-bond acceptors (Lipinski definition) is 5. The Morgan fingerprint density at radius 3 is 2.89 bits per heavy atom. The van der Waals surface area contributed by atoms with Crippen LogP contribution in [0.4, 0.5) is 0 Å². The highest BCUT2D eigenvalue weighted by Gasteiger charge is 2.27. The number of carboxylic acids is 1. The summed E-state index contributed by atoms with van der Waals surface area (Å²) in [5.74, 6) is 1.20. The van der Waals surface area contributed by atoms with E-state index in [1.165, 1.54) is 5.56 Å². The number of ether oxygens (including phenoxy) is 2.